The number of esters is 1. The van der Waals surface area contributed by atoms with E-state index in [1.165, 1.54) is 30.3 Å². The largest absolute Gasteiger partial charge is 0.465 e. The van der Waals surface area contributed by atoms with E-state index in [1.807, 2.05) is 6.92 Å². The van der Waals surface area contributed by atoms with E-state index < -0.39 is 23.6 Å². The summed E-state index contributed by atoms with van der Waals surface area (Å²) in [4.78, 5) is 44.3. The first-order chi connectivity index (χ1) is 16.7. The van der Waals surface area contributed by atoms with Gasteiger partial charge in [0.05, 0.1) is 12.0 Å². The van der Waals surface area contributed by atoms with Crippen LogP contribution in [-0.4, -0.2) is 24.1 Å². The van der Waals surface area contributed by atoms with Crippen molar-refractivity contribution in [2.45, 2.75) is 40.0 Å². The van der Waals surface area contributed by atoms with Gasteiger partial charge in [-0.3, -0.25) is 19.4 Å². The molecule has 1 aliphatic rings. The number of benzene rings is 2. The number of carbonyl (C=O) groups is 2. The van der Waals surface area contributed by atoms with Crippen molar-refractivity contribution >= 4 is 28.4 Å². The predicted molar refractivity (Wildman–Crippen MR) is 131 cm³/mol. The molecule has 1 aromatic heterocycles. The number of fused-ring (bicyclic) bond motifs is 1. The number of para-hydroxylation sites is 1. The summed E-state index contributed by atoms with van der Waals surface area (Å²) in [6.45, 7) is 7.21. The van der Waals surface area contributed by atoms with Crippen LogP contribution in [0.15, 0.2) is 74.0 Å². The zero-order valence-electron chi connectivity index (χ0n) is 20.1. The number of hydrogen-bond acceptors (Lipinski definition) is 6. The van der Waals surface area contributed by atoms with Gasteiger partial charge in [-0.25, -0.2) is 4.39 Å². The van der Waals surface area contributed by atoms with Crippen LogP contribution in [0, 0.1) is 18.7 Å². The maximum atomic E-state index is 13.8. The molecule has 2 atom stereocenters. The SMILES string of the molecule is CCCOC(=O)C1C(C)=NC(C)=C(C(=O)c2ccc(F)cc2)C1c1cccc2c(=O)cc(C)oc12. The molecule has 0 amide bonds. The maximum Gasteiger partial charge on any atom is 0.315 e. The number of hydrogen-bond donors (Lipinski definition) is 0. The van der Waals surface area contributed by atoms with Crippen LogP contribution in [0.2, 0.25) is 0 Å². The molecule has 1 aliphatic heterocycles. The summed E-state index contributed by atoms with van der Waals surface area (Å²) in [5.41, 5.74) is 2.08. The number of rotatable bonds is 6. The average Bonchev–Trinajstić information content (AvgIpc) is 2.82. The Morgan fingerprint density at radius 2 is 1.80 bits per heavy atom. The third kappa shape index (κ3) is 4.58. The van der Waals surface area contributed by atoms with Crippen molar-refractivity contribution in [2.75, 3.05) is 6.61 Å². The maximum absolute atomic E-state index is 13.8. The van der Waals surface area contributed by atoms with Crippen LogP contribution in [0.5, 0.6) is 0 Å². The zero-order chi connectivity index (χ0) is 25.3. The fourth-order valence-corrected chi connectivity index (χ4v) is 4.58. The summed E-state index contributed by atoms with van der Waals surface area (Å²) < 4.78 is 25.0. The fraction of sp³-hybridized carbons (Fsp3) is 0.286. The van der Waals surface area contributed by atoms with Crippen molar-refractivity contribution < 1.29 is 23.1 Å². The van der Waals surface area contributed by atoms with E-state index in [0.29, 0.717) is 40.1 Å². The molecule has 6 nitrogen and oxygen atoms in total. The van der Waals surface area contributed by atoms with Gasteiger partial charge in [0.15, 0.2) is 11.2 Å². The molecule has 180 valence electrons. The summed E-state index contributed by atoms with van der Waals surface area (Å²) in [5.74, 6) is -2.67. The van der Waals surface area contributed by atoms with E-state index in [2.05, 4.69) is 4.99 Å². The van der Waals surface area contributed by atoms with Gasteiger partial charge in [0, 0.05) is 40.1 Å². The summed E-state index contributed by atoms with van der Waals surface area (Å²) >= 11 is 0. The molecular formula is C28H26FNO5. The van der Waals surface area contributed by atoms with Crippen molar-refractivity contribution in [3.63, 3.8) is 0 Å². The first-order valence-corrected chi connectivity index (χ1v) is 11.5. The van der Waals surface area contributed by atoms with Gasteiger partial charge in [-0.1, -0.05) is 19.1 Å². The molecule has 7 heteroatoms. The van der Waals surface area contributed by atoms with E-state index in [0.717, 1.165) is 0 Å². The van der Waals surface area contributed by atoms with Crippen LogP contribution in [-0.2, 0) is 9.53 Å². The van der Waals surface area contributed by atoms with Crippen molar-refractivity contribution in [2.24, 2.45) is 10.9 Å². The van der Waals surface area contributed by atoms with Gasteiger partial charge in [0.2, 0.25) is 0 Å². The summed E-state index contributed by atoms with van der Waals surface area (Å²) in [6, 6.07) is 11.7. The molecule has 0 N–H and O–H groups in total. The first kappa shape index (κ1) is 24.3. The summed E-state index contributed by atoms with van der Waals surface area (Å²) in [6.07, 6.45) is 0.637. The molecule has 0 fully saturated rings. The molecule has 0 radical (unpaired) electrons. The second-order valence-electron chi connectivity index (χ2n) is 8.66. The molecule has 0 bridgehead atoms. The molecule has 2 unspecified atom stereocenters. The molecule has 3 aromatic rings. The number of nitrogens with zero attached hydrogens (tertiary/aromatic N) is 1. The molecular weight excluding hydrogens is 449 g/mol. The molecule has 0 spiro atoms. The van der Waals surface area contributed by atoms with Gasteiger partial charge >= 0.3 is 5.97 Å². The molecule has 0 saturated carbocycles. The van der Waals surface area contributed by atoms with Crippen LogP contribution < -0.4 is 5.43 Å². The lowest BCUT2D eigenvalue weighted by Crippen LogP contribution is -2.36. The number of ketones is 1. The quantitative estimate of drug-likeness (QED) is 0.346. The highest BCUT2D eigenvalue weighted by Gasteiger charge is 2.43. The van der Waals surface area contributed by atoms with Crippen LogP contribution in [0.4, 0.5) is 4.39 Å². The smallest absolute Gasteiger partial charge is 0.315 e. The molecule has 2 aromatic carbocycles. The van der Waals surface area contributed by atoms with Crippen LogP contribution in [0.3, 0.4) is 0 Å². The van der Waals surface area contributed by atoms with Crippen molar-refractivity contribution in [3.05, 3.63) is 92.7 Å². The molecule has 35 heavy (non-hydrogen) atoms. The van der Waals surface area contributed by atoms with Crippen molar-refractivity contribution in [1.29, 1.82) is 0 Å². The Labute approximate surface area is 202 Å². The van der Waals surface area contributed by atoms with E-state index in [9.17, 15) is 18.8 Å². The standard InChI is InChI=1S/C28H26FNO5/c1-5-13-34-28(33)24-17(4)30-16(3)23(26(32)18-9-11-19(29)12-10-18)25(24)21-8-6-7-20-22(31)14-15(2)35-27(20)21/h6-12,14,24-25H,5,13H2,1-4H3. The van der Waals surface area contributed by atoms with Crippen LogP contribution in [0.1, 0.15) is 54.8 Å². The van der Waals surface area contributed by atoms with E-state index in [4.69, 9.17) is 9.15 Å². The van der Waals surface area contributed by atoms with E-state index in [-0.39, 0.29) is 29.0 Å². The lowest BCUT2D eigenvalue weighted by atomic mass is 9.73. The van der Waals surface area contributed by atoms with Gasteiger partial charge in [0.1, 0.15) is 23.1 Å². The number of Topliss-reactive ketones (excluding diaryl/α,β-unsaturated/α-hetero) is 1. The normalized spacial score (nSPS) is 17.9. The molecule has 4 rings (SSSR count). The summed E-state index contributed by atoms with van der Waals surface area (Å²) in [5, 5.41) is 0.347. The third-order valence-electron chi connectivity index (χ3n) is 6.13. The second-order valence-corrected chi connectivity index (χ2v) is 8.66. The first-order valence-electron chi connectivity index (χ1n) is 11.5. The van der Waals surface area contributed by atoms with Gasteiger partial charge in [-0.2, -0.15) is 0 Å². The Morgan fingerprint density at radius 1 is 1.09 bits per heavy atom. The highest BCUT2D eigenvalue weighted by molar-refractivity contribution is 6.14. The minimum absolute atomic E-state index is 0.218. The van der Waals surface area contributed by atoms with Gasteiger partial charge in [0.25, 0.3) is 0 Å². The minimum atomic E-state index is -0.902. The van der Waals surface area contributed by atoms with Crippen molar-refractivity contribution in [3.8, 4) is 0 Å². The highest BCUT2D eigenvalue weighted by Crippen LogP contribution is 2.43. The zero-order valence-corrected chi connectivity index (χ0v) is 20.1. The van der Waals surface area contributed by atoms with Gasteiger partial charge < -0.3 is 9.15 Å². The number of allylic oxidation sites excluding steroid dienone is 2. The van der Waals surface area contributed by atoms with Crippen LogP contribution in [0.25, 0.3) is 11.0 Å². The second kappa shape index (κ2) is 9.78. The number of carbonyl (C=O) groups excluding carboxylic acids is 2. The van der Waals surface area contributed by atoms with Crippen LogP contribution >= 0.6 is 0 Å². The topological polar surface area (TPSA) is 85.9 Å². The third-order valence-corrected chi connectivity index (χ3v) is 6.13. The van der Waals surface area contributed by atoms with Crippen molar-refractivity contribution in [1.82, 2.24) is 0 Å². The Balaban J connectivity index is 1.99. The molecule has 0 aliphatic carbocycles. The number of aryl methyl sites for hydroxylation is 1. The number of aliphatic imine (C=N–C) groups is 1. The lowest BCUT2D eigenvalue weighted by molar-refractivity contribution is -0.146. The van der Waals surface area contributed by atoms with E-state index >= 15 is 0 Å². The van der Waals surface area contributed by atoms with Gasteiger partial charge in [-0.15, -0.1) is 0 Å². The Morgan fingerprint density at radius 3 is 2.49 bits per heavy atom. The molecule has 2 heterocycles. The summed E-state index contributed by atoms with van der Waals surface area (Å²) in [7, 11) is 0. The Kier molecular flexibility index (Phi) is 6.78. The average molecular weight is 476 g/mol. The Bertz CT molecular complexity index is 1430. The van der Waals surface area contributed by atoms with E-state index in [1.54, 1.807) is 39.0 Å². The van der Waals surface area contributed by atoms with Gasteiger partial charge in [-0.05, 0) is 57.5 Å². The monoisotopic (exact) mass is 475 g/mol. The molecule has 0 saturated heterocycles. The number of ether oxygens (including phenoxy) is 1. The lowest BCUT2D eigenvalue weighted by Gasteiger charge is -2.32. The Hall–Kier alpha value is -3.87. The highest BCUT2D eigenvalue weighted by atomic mass is 19.1. The minimum Gasteiger partial charge on any atom is -0.465 e. The fourth-order valence-electron chi connectivity index (χ4n) is 4.58. The predicted octanol–water partition coefficient (Wildman–Crippen LogP) is 5.52. The number of halogens is 1.